The van der Waals surface area contributed by atoms with Gasteiger partial charge in [-0.2, -0.15) is 0 Å². The molecule has 0 fully saturated rings. The molecule has 0 unspecified atom stereocenters. The molecule has 2 aliphatic carbocycles. The average molecular weight is 298 g/mol. The zero-order valence-corrected chi connectivity index (χ0v) is 14.2. The number of phenolic OH excluding ortho intramolecular Hbond substituents is 1. The normalized spacial score (nSPS) is 29.4. The molecular weight excluding hydrogens is 272 g/mol. The van der Waals surface area contributed by atoms with E-state index in [1.807, 2.05) is 6.07 Å². The molecule has 2 atom stereocenters. The Hall–Kier alpha value is -1.57. The van der Waals surface area contributed by atoms with Crippen molar-refractivity contribution in [3.63, 3.8) is 0 Å². The molecule has 1 aromatic carbocycles. The maximum absolute atomic E-state index is 12.8. The molecule has 2 aliphatic rings. The van der Waals surface area contributed by atoms with Gasteiger partial charge < -0.3 is 5.11 Å². The predicted octanol–water partition coefficient (Wildman–Crippen LogP) is 4.50. The van der Waals surface area contributed by atoms with E-state index in [1.165, 1.54) is 5.56 Å². The minimum absolute atomic E-state index is 0.0240. The third-order valence-electron chi connectivity index (χ3n) is 5.93. The number of benzene rings is 1. The second-order valence-corrected chi connectivity index (χ2v) is 7.99. The van der Waals surface area contributed by atoms with E-state index in [-0.39, 0.29) is 17.1 Å². The molecule has 2 nitrogen and oxygen atoms in total. The molecule has 1 aromatic rings. The van der Waals surface area contributed by atoms with Gasteiger partial charge in [0.2, 0.25) is 0 Å². The Morgan fingerprint density at radius 3 is 2.55 bits per heavy atom. The lowest BCUT2D eigenvalue weighted by Crippen LogP contribution is -2.51. The lowest BCUT2D eigenvalue weighted by molar-refractivity contribution is -0.124. The first-order valence-corrected chi connectivity index (χ1v) is 8.28. The fourth-order valence-electron chi connectivity index (χ4n) is 4.82. The van der Waals surface area contributed by atoms with E-state index in [9.17, 15) is 9.90 Å². The van der Waals surface area contributed by atoms with Gasteiger partial charge in [-0.3, -0.25) is 4.79 Å². The number of rotatable bonds is 1. The number of carbonyl (C=O) groups excluding carboxylic acids is 1. The summed E-state index contributed by atoms with van der Waals surface area (Å²) in [7, 11) is 0. The van der Waals surface area contributed by atoms with E-state index in [4.69, 9.17) is 0 Å². The molecule has 0 bridgehead atoms. The molecule has 0 amide bonds. The Balaban J connectivity index is 2.28. The molecule has 118 valence electrons. The number of hydrogen-bond acceptors (Lipinski definition) is 2. The van der Waals surface area contributed by atoms with Crippen molar-refractivity contribution in [1.82, 2.24) is 0 Å². The van der Waals surface area contributed by atoms with Crippen LogP contribution in [0.1, 0.15) is 63.6 Å². The van der Waals surface area contributed by atoms with Crippen LogP contribution >= 0.6 is 0 Å². The van der Waals surface area contributed by atoms with Gasteiger partial charge in [0.05, 0.1) is 5.41 Å². The van der Waals surface area contributed by atoms with Gasteiger partial charge >= 0.3 is 0 Å². The number of aromatic hydroxyl groups is 1. The minimum atomic E-state index is -0.469. The smallest absolute Gasteiger partial charge is 0.165 e. The van der Waals surface area contributed by atoms with E-state index in [0.717, 1.165) is 24.0 Å². The zero-order chi connectivity index (χ0) is 16.3. The topological polar surface area (TPSA) is 37.3 Å². The van der Waals surface area contributed by atoms with Crippen LogP contribution < -0.4 is 0 Å². The number of carbonyl (C=O) groups is 1. The summed E-state index contributed by atoms with van der Waals surface area (Å²) in [6.45, 7) is 10.8. The lowest BCUT2D eigenvalue weighted by Gasteiger charge is -2.51. The van der Waals surface area contributed by atoms with Crippen LogP contribution in [0.5, 0.6) is 5.75 Å². The van der Waals surface area contributed by atoms with Gasteiger partial charge in [0.1, 0.15) is 5.75 Å². The van der Waals surface area contributed by atoms with Crippen molar-refractivity contribution in [3.05, 3.63) is 41.0 Å². The third kappa shape index (κ3) is 1.89. The molecule has 0 saturated heterocycles. The van der Waals surface area contributed by atoms with Crippen LogP contribution in [0, 0.1) is 11.3 Å². The van der Waals surface area contributed by atoms with Gasteiger partial charge in [0.15, 0.2) is 5.78 Å². The first kappa shape index (κ1) is 15.3. The fraction of sp³-hybridized carbons (Fsp3) is 0.550. The molecule has 0 spiro atoms. The number of ketones is 1. The highest BCUT2D eigenvalue weighted by atomic mass is 16.3. The number of allylic oxidation sites excluding steroid dienone is 2. The second-order valence-electron chi connectivity index (χ2n) is 7.99. The van der Waals surface area contributed by atoms with Crippen molar-refractivity contribution in [2.45, 2.75) is 58.8 Å². The summed E-state index contributed by atoms with van der Waals surface area (Å²) in [6, 6.07) is 3.76. The maximum atomic E-state index is 12.8. The van der Waals surface area contributed by atoms with Crippen LogP contribution in [0.15, 0.2) is 24.3 Å². The van der Waals surface area contributed by atoms with Crippen LogP contribution in [0.25, 0.3) is 0 Å². The molecule has 2 heteroatoms. The summed E-state index contributed by atoms with van der Waals surface area (Å²) < 4.78 is 0. The number of hydrogen-bond donors (Lipinski definition) is 1. The first-order valence-electron chi connectivity index (χ1n) is 8.28. The summed E-state index contributed by atoms with van der Waals surface area (Å²) in [5, 5.41) is 10.3. The van der Waals surface area contributed by atoms with Crippen LogP contribution in [0.2, 0.25) is 0 Å². The monoisotopic (exact) mass is 298 g/mol. The van der Waals surface area contributed by atoms with Crippen molar-refractivity contribution >= 4 is 5.78 Å². The minimum Gasteiger partial charge on any atom is -0.508 e. The van der Waals surface area contributed by atoms with Gasteiger partial charge in [-0.05, 0) is 65.8 Å². The fourth-order valence-corrected chi connectivity index (χ4v) is 4.82. The Morgan fingerprint density at radius 2 is 1.91 bits per heavy atom. The highest BCUT2D eigenvalue weighted by Gasteiger charge is 2.53. The summed E-state index contributed by atoms with van der Waals surface area (Å²) in [5.41, 5.74) is 2.91. The maximum Gasteiger partial charge on any atom is 0.165 e. The summed E-state index contributed by atoms with van der Waals surface area (Å²) in [6.07, 6.45) is 5.79. The SMILES string of the molecule is CC(C)c1c(O)ccc2c1CC[C@H]1C(C)(C)C=CC(=O)[C@]21C. The van der Waals surface area contributed by atoms with Gasteiger partial charge in [-0.25, -0.2) is 0 Å². The van der Waals surface area contributed by atoms with Crippen LogP contribution in [0.3, 0.4) is 0 Å². The Bertz CT molecular complexity index is 667. The van der Waals surface area contributed by atoms with Crippen molar-refractivity contribution in [2.24, 2.45) is 11.3 Å². The van der Waals surface area contributed by atoms with Crippen molar-refractivity contribution < 1.29 is 9.90 Å². The van der Waals surface area contributed by atoms with E-state index >= 15 is 0 Å². The molecule has 0 aliphatic heterocycles. The summed E-state index contributed by atoms with van der Waals surface area (Å²) in [4.78, 5) is 12.8. The third-order valence-corrected chi connectivity index (χ3v) is 5.93. The molecule has 3 rings (SSSR count). The van der Waals surface area contributed by atoms with Crippen molar-refractivity contribution in [2.75, 3.05) is 0 Å². The lowest BCUT2D eigenvalue weighted by atomic mass is 9.51. The van der Waals surface area contributed by atoms with E-state index in [1.54, 1.807) is 12.1 Å². The van der Waals surface area contributed by atoms with Gasteiger partial charge in [-0.1, -0.05) is 39.8 Å². The Kier molecular flexibility index (Phi) is 3.28. The highest BCUT2D eigenvalue weighted by Crippen LogP contribution is 2.54. The molecule has 0 radical (unpaired) electrons. The largest absolute Gasteiger partial charge is 0.508 e. The van der Waals surface area contributed by atoms with Crippen LogP contribution in [-0.2, 0) is 16.6 Å². The Labute approximate surface area is 133 Å². The molecule has 1 N–H and O–H groups in total. The predicted molar refractivity (Wildman–Crippen MR) is 89.3 cm³/mol. The second kappa shape index (κ2) is 4.71. The van der Waals surface area contributed by atoms with Crippen LogP contribution in [-0.4, -0.2) is 10.9 Å². The van der Waals surface area contributed by atoms with Gasteiger partial charge in [-0.15, -0.1) is 0 Å². The molecule has 22 heavy (non-hydrogen) atoms. The average Bonchev–Trinajstić information content (AvgIpc) is 2.42. The molecular formula is C20H26O2. The van der Waals surface area contributed by atoms with E-state index in [2.05, 4.69) is 40.7 Å². The van der Waals surface area contributed by atoms with Crippen LogP contribution in [0.4, 0.5) is 0 Å². The molecule has 0 aromatic heterocycles. The summed E-state index contributed by atoms with van der Waals surface area (Å²) >= 11 is 0. The van der Waals surface area contributed by atoms with E-state index in [0.29, 0.717) is 11.7 Å². The van der Waals surface area contributed by atoms with E-state index < -0.39 is 5.41 Å². The quantitative estimate of drug-likeness (QED) is 0.828. The van der Waals surface area contributed by atoms with Gasteiger partial charge in [0, 0.05) is 0 Å². The first-order chi connectivity index (χ1) is 10.2. The molecule has 0 saturated carbocycles. The van der Waals surface area contributed by atoms with Crippen molar-refractivity contribution in [3.8, 4) is 5.75 Å². The molecule has 0 heterocycles. The van der Waals surface area contributed by atoms with Gasteiger partial charge in [0.25, 0.3) is 0 Å². The highest BCUT2D eigenvalue weighted by molar-refractivity contribution is 6.00. The van der Waals surface area contributed by atoms with Crippen molar-refractivity contribution in [1.29, 1.82) is 0 Å². The zero-order valence-electron chi connectivity index (χ0n) is 14.2. The number of phenols is 1. The standard InChI is InChI=1S/C20H26O2/c1-12(2)18-13-6-9-16-19(3,4)11-10-17(22)20(16,5)14(13)7-8-15(18)21/h7-8,10-12,16,21H,6,9H2,1-5H3/t16-,20+/m0/s1. The summed E-state index contributed by atoms with van der Waals surface area (Å²) in [5.74, 6) is 1.15. The number of fused-ring (bicyclic) bond motifs is 3. The Morgan fingerprint density at radius 1 is 1.23 bits per heavy atom.